The Balaban J connectivity index is 1.93. The van der Waals surface area contributed by atoms with Gasteiger partial charge in [0.2, 0.25) is 15.9 Å². The summed E-state index contributed by atoms with van der Waals surface area (Å²) in [7, 11) is -2.06. The van der Waals surface area contributed by atoms with Crippen molar-refractivity contribution in [3.8, 4) is 5.75 Å². The van der Waals surface area contributed by atoms with Crippen LogP contribution in [-0.2, 0) is 21.2 Å². The zero-order valence-electron chi connectivity index (χ0n) is 14.4. The van der Waals surface area contributed by atoms with Gasteiger partial charge in [-0.05, 0) is 31.0 Å². The lowest BCUT2D eigenvalue weighted by Crippen LogP contribution is -2.41. The highest BCUT2D eigenvalue weighted by Gasteiger charge is 2.23. The van der Waals surface area contributed by atoms with E-state index < -0.39 is 15.9 Å². The molecule has 0 radical (unpaired) electrons. The fourth-order valence-corrected chi connectivity index (χ4v) is 2.98. The van der Waals surface area contributed by atoms with Crippen LogP contribution >= 0.6 is 0 Å². The molecule has 2 aromatic rings. The van der Waals surface area contributed by atoms with E-state index in [1.165, 1.54) is 6.07 Å². The van der Waals surface area contributed by atoms with Crippen LogP contribution in [0.3, 0.4) is 0 Å². The number of methoxy groups -OCH3 is 1. The largest absolute Gasteiger partial charge is 0.497 e. The Labute approximate surface area is 146 Å². The molecule has 2 rings (SSSR count). The Morgan fingerprint density at radius 3 is 2.72 bits per heavy atom. The average Bonchev–Trinajstić information content (AvgIpc) is 2.97. The minimum absolute atomic E-state index is 0.0861. The number of carbonyl (C=O) groups excluding carboxylic acids is 1. The molecular formula is C16H21N3O5S. The summed E-state index contributed by atoms with van der Waals surface area (Å²) in [6.45, 7) is 1.66. The van der Waals surface area contributed by atoms with E-state index in [1.807, 2.05) is 24.3 Å². The molecule has 9 heteroatoms. The van der Waals surface area contributed by atoms with Gasteiger partial charge in [0, 0.05) is 12.6 Å². The zero-order chi connectivity index (χ0) is 18.4. The first-order valence-electron chi connectivity index (χ1n) is 7.60. The number of hydrogen-bond donors (Lipinski definition) is 1. The van der Waals surface area contributed by atoms with Crippen LogP contribution in [0.4, 0.5) is 5.82 Å². The lowest BCUT2D eigenvalue weighted by Gasteiger charge is -2.18. The molecule has 0 aliphatic rings. The van der Waals surface area contributed by atoms with Crippen molar-refractivity contribution in [3.05, 3.63) is 41.7 Å². The minimum atomic E-state index is -3.65. The quantitative estimate of drug-likeness (QED) is 0.750. The maximum absolute atomic E-state index is 12.1. The molecule has 1 N–H and O–H groups in total. The highest BCUT2D eigenvalue weighted by molar-refractivity contribution is 7.92. The second-order valence-electron chi connectivity index (χ2n) is 5.52. The average molecular weight is 367 g/mol. The van der Waals surface area contributed by atoms with Crippen LogP contribution in [0.15, 0.2) is 34.9 Å². The van der Waals surface area contributed by atoms with Gasteiger partial charge in [0.25, 0.3) is 0 Å². The summed E-state index contributed by atoms with van der Waals surface area (Å²) in [6, 6.07) is 8.98. The topological polar surface area (TPSA) is 102 Å². The third-order valence-electron chi connectivity index (χ3n) is 3.43. The molecule has 0 spiro atoms. The van der Waals surface area contributed by atoms with Crippen LogP contribution in [0.25, 0.3) is 0 Å². The number of nitrogens with one attached hydrogen (secondary N) is 1. The van der Waals surface area contributed by atoms with Crippen molar-refractivity contribution in [2.75, 3.05) is 30.8 Å². The molecule has 0 bridgehead atoms. The van der Waals surface area contributed by atoms with Crippen molar-refractivity contribution in [3.63, 3.8) is 0 Å². The summed E-state index contributed by atoms with van der Waals surface area (Å²) in [5.41, 5.74) is 1.01. The normalized spacial score (nSPS) is 11.2. The maximum Gasteiger partial charge on any atom is 0.240 e. The summed E-state index contributed by atoms with van der Waals surface area (Å²) in [6.07, 6.45) is 1.62. The van der Waals surface area contributed by atoms with Gasteiger partial charge in [-0.1, -0.05) is 17.3 Å². The highest BCUT2D eigenvalue weighted by atomic mass is 32.2. The fourth-order valence-electron chi connectivity index (χ4n) is 2.20. The van der Waals surface area contributed by atoms with E-state index >= 15 is 0 Å². The van der Waals surface area contributed by atoms with Crippen molar-refractivity contribution in [1.29, 1.82) is 0 Å². The molecule has 0 saturated heterocycles. The Morgan fingerprint density at radius 2 is 2.12 bits per heavy atom. The van der Waals surface area contributed by atoms with E-state index in [0.717, 1.165) is 21.9 Å². The highest BCUT2D eigenvalue weighted by Crippen LogP contribution is 2.16. The number of amides is 1. The number of carbonyl (C=O) groups is 1. The van der Waals surface area contributed by atoms with E-state index in [-0.39, 0.29) is 12.4 Å². The first kappa shape index (κ1) is 18.8. The number of sulfonamides is 1. The number of aromatic nitrogens is 1. The summed E-state index contributed by atoms with van der Waals surface area (Å²) in [5, 5.41) is 6.36. The number of ether oxygens (including phenoxy) is 1. The predicted octanol–water partition coefficient (Wildman–Crippen LogP) is 1.12. The van der Waals surface area contributed by atoms with Gasteiger partial charge in [-0.2, -0.15) is 0 Å². The van der Waals surface area contributed by atoms with Gasteiger partial charge in [-0.15, -0.1) is 0 Å². The predicted molar refractivity (Wildman–Crippen MR) is 93.1 cm³/mol. The number of benzene rings is 1. The summed E-state index contributed by atoms with van der Waals surface area (Å²) in [4.78, 5) is 12.1. The SMILES string of the molecule is COc1cccc(CCNC(=O)CN(c2cc(C)on2)S(C)(=O)=O)c1. The Kier molecular flexibility index (Phi) is 6.02. The number of nitrogens with zero attached hydrogens (tertiary/aromatic N) is 2. The summed E-state index contributed by atoms with van der Waals surface area (Å²) < 4.78 is 34.7. The lowest BCUT2D eigenvalue weighted by molar-refractivity contribution is -0.119. The maximum atomic E-state index is 12.1. The van der Waals surface area contributed by atoms with Gasteiger partial charge in [-0.25, -0.2) is 12.7 Å². The van der Waals surface area contributed by atoms with Gasteiger partial charge >= 0.3 is 0 Å². The van der Waals surface area contributed by atoms with Crippen LogP contribution in [0, 0.1) is 6.92 Å². The minimum Gasteiger partial charge on any atom is -0.497 e. The van der Waals surface area contributed by atoms with E-state index in [2.05, 4.69) is 10.5 Å². The van der Waals surface area contributed by atoms with Crippen LogP contribution in [-0.4, -0.2) is 45.9 Å². The third kappa shape index (κ3) is 5.49. The third-order valence-corrected chi connectivity index (χ3v) is 4.55. The first-order chi connectivity index (χ1) is 11.8. The van der Waals surface area contributed by atoms with E-state index in [9.17, 15) is 13.2 Å². The molecule has 0 aliphatic heterocycles. The number of anilines is 1. The van der Waals surface area contributed by atoms with Gasteiger partial charge < -0.3 is 14.6 Å². The van der Waals surface area contributed by atoms with E-state index in [4.69, 9.17) is 9.26 Å². The van der Waals surface area contributed by atoms with Crippen LogP contribution in [0.1, 0.15) is 11.3 Å². The van der Waals surface area contributed by atoms with Gasteiger partial charge in [-0.3, -0.25) is 4.79 Å². The number of rotatable bonds is 8. The molecule has 1 aromatic carbocycles. The Hall–Kier alpha value is -2.55. The first-order valence-corrected chi connectivity index (χ1v) is 9.45. The lowest BCUT2D eigenvalue weighted by atomic mass is 10.1. The number of aryl methyl sites for hydroxylation is 1. The van der Waals surface area contributed by atoms with Gasteiger partial charge in [0.15, 0.2) is 5.82 Å². The summed E-state index contributed by atoms with van der Waals surface area (Å²) >= 11 is 0. The van der Waals surface area contributed by atoms with Crippen molar-refractivity contribution in [1.82, 2.24) is 10.5 Å². The Morgan fingerprint density at radius 1 is 1.36 bits per heavy atom. The second-order valence-corrected chi connectivity index (χ2v) is 7.42. The van der Waals surface area contributed by atoms with Crippen LogP contribution in [0.5, 0.6) is 5.75 Å². The monoisotopic (exact) mass is 367 g/mol. The molecule has 0 unspecified atom stereocenters. The van der Waals surface area contributed by atoms with Crippen molar-refractivity contribution < 1.29 is 22.5 Å². The molecule has 1 heterocycles. The Bertz CT molecular complexity index is 832. The van der Waals surface area contributed by atoms with E-state index in [1.54, 1.807) is 14.0 Å². The number of hydrogen-bond acceptors (Lipinski definition) is 6. The molecular weight excluding hydrogens is 346 g/mol. The van der Waals surface area contributed by atoms with Crippen molar-refractivity contribution >= 4 is 21.7 Å². The van der Waals surface area contributed by atoms with Crippen LogP contribution in [0.2, 0.25) is 0 Å². The zero-order valence-corrected chi connectivity index (χ0v) is 15.2. The molecule has 25 heavy (non-hydrogen) atoms. The molecule has 0 fully saturated rings. The van der Waals surface area contributed by atoms with Crippen molar-refractivity contribution in [2.24, 2.45) is 0 Å². The smallest absolute Gasteiger partial charge is 0.240 e. The van der Waals surface area contributed by atoms with E-state index in [0.29, 0.717) is 18.7 Å². The fraction of sp³-hybridized carbons (Fsp3) is 0.375. The molecule has 136 valence electrons. The van der Waals surface area contributed by atoms with Crippen molar-refractivity contribution in [2.45, 2.75) is 13.3 Å². The molecule has 0 aliphatic carbocycles. The second kappa shape index (κ2) is 8.02. The van der Waals surface area contributed by atoms with Gasteiger partial charge in [0.05, 0.1) is 13.4 Å². The molecule has 1 aromatic heterocycles. The molecule has 8 nitrogen and oxygen atoms in total. The molecule has 0 atom stereocenters. The molecule has 1 amide bonds. The molecule has 0 saturated carbocycles. The van der Waals surface area contributed by atoms with Gasteiger partial charge in [0.1, 0.15) is 18.1 Å². The standard InChI is InChI=1S/C16H21N3O5S/c1-12-9-15(18-24-12)19(25(3,21)22)11-16(20)17-8-7-13-5-4-6-14(10-13)23-2/h4-6,9-10H,7-8,11H2,1-3H3,(H,17,20). The summed E-state index contributed by atoms with van der Waals surface area (Å²) in [5.74, 6) is 0.868. The van der Waals surface area contributed by atoms with Crippen LogP contribution < -0.4 is 14.4 Å².